The Morgan fingerprint density at radius 3 is 2.47 bits per heavy atom. The number of thioether (sulfide) groups is 1. The molecule has 0 bridgehead atoms. The quantitative estimate of drug-likeness (QED) is 0.590. The third-order valence-electron chi connectivity index (χ3n) is 6.41. The molecule has 168 valence electrons. The number of hydrogen-bond acceptors (Lipinski definition) is 4. The van der Waals surface area contributed by atoms with Gasteiger partial charge in [-0.25, -0.2) is 4.90 Å². The molecule has 6 heteroatoms. The van der Waals surface area contributed by atoms with Crippen LogP contribution in [0.4, 0.5) is 11.4 Å². The lowest BCUT2D eigenvalue weighted by Crippen LogP contribution is -2.32. The van der Waals surface area contributed by atoms with Gasteiger partial charge in [-0.3, -0.25) is 14.4 Å². The molecular formula is C26H30N2O3S. The average molecular weight is 451 g/mol. The minimum Gasteiger partial charge on any atom is -0.326 e. The van der Waals surface area contributed by atoms with E-state index in [1.165, 1.54) is 23.1 Å². The number of carbonyl (C=O) groups is 3. The highest BCUT2D eigenvalue weighted by Crippen LogP contribution is 2.37. The van der Waals surface area contributed by atoms with E-state index in [1.54, 1.807) is 0 Å². The van der Waals surface area contributed by atoms with Crippen LogP contribution in [0.3, 0.4) is 0 Å². The number of hydrogen-bond donors (Lipinski definition) is 1. The van der Waals surface area contributed by atoms with Gasteiger partial charge in [0.2, 0.25) is 17.7 Å². The van der Waals surface area contributed by atoms with Crippen molar-refractivity contribution in [2.24, 2.45) is 5.92 Å². The zero-order valence-corrected chi connectivity index (χ0v) is 19.5. The second kappa shape index (κ2) is 9.90. The van der Waals surface area contributed by atoms with E-state index in [1.807, 2.05) is 56.3 Å². The highest BCUT2D eigenvalue weighted by Gasteiger charge is 2.41. The summed E-state index contributed by atoms with van der Waals surface area (Å²) >= 11 is 1.41. The number of nitrogens with zero attached hydrogens (tertiary/aromatic N) is 1. The lowest BCUT2D eigenvalue weighted by atomic mass is 9.88. The third kappa shape index (κ3) is 4.75. The fourth-order valence-corrected chi connectivity index (χ4v) is 5.70. The first kappa shape index (κ1) is 22.6. The molecule has 3 amide bonds. The second-order valence-corrected chi connectivity index (χ2v) is 9.94. The molecule has 5 nitrogen and oxygen atoms in total. The standard InChI is InChI=1S/C26H30N2O3S/c1-3-18-11-7-8-17(2)24(18)28-23(29)16-22(26(28)31)32-21-14-12-20(13-15-21)27-25(30)19-9-5-4-6-10-19/h7-8,11-15,19,22H,3-6,9-10,16H2,1-2H3,(H,27,30)/t22-/m1/s1. The van der Waals surface area contributed by atoms with Gasteiger partial charge >= 0.3 is 0 Å². The van der Waals surface area contributed by atoms with E-state index in [0.29, 0.717) is 0 Å². The molecule has 0 aromatic heterocycles. The molecule has 0 spiro atoms. The van der Waals surface area contributed by atoms with Crippen LogP contribution in [-0.2, 0) is 20.8 Å². The lowest BCUT2D eigenvalue weighted by molar-refractivity contribution is -0.122. The summed E-state index contributed by atoms with van der Waals surface area (Å²) in [5, 5.41) is 2.58. The Morgan fingerprint density at radius 2 is 1.78 bits per heavy atom. The highest BCUT2D eigenvalue weighted by atomic mass is 32.2. The van der Waals surface area contributed by atoms with Crippen molar-refractivity contribution in [3.8, 4) is 0 Å². The molecule has 4 rings (SSSR count). The average Bonchev–Trinajstić information content (AvgIpc) is 3.08. The van der Waals surface area contributed by atoms with Crippen LogP contribution in [0.5, 0.6) is 0 Å². The van der Waals surface area contributed by atoms with Crippen molar-refractivity contribution >= 4 is 40.9 Å². The van der Waals surface area contributed by atoms with Gasteiger partial charge in [0.1, 0.15) is 0 Å². The van der Waals surface area contributed by atoms with E-state index in [2.05, 4.69) is 5.32 Å². The lowest BCUT2D eigenvalue weighted by Gasteiger charge is -2.21. The van der Waals surface area contributed by atoms with Gasteiger partial charge in [-0.2, -0.15) is 0 Å². The fourth-order valence-electron chi connectivity index (χ4n) is 4.65. The largest absolute Gasteiger partial charge is 0.326 e. The molecule has 1 heterocycles. The maximum absolute atomic E-state index is 13.2. The Morgan fingerprint density at radius 1 is 1.06 bits per heavy atom. The highest BCUT2D eigenvalue weighted by molar-refractivity contribution is 8.00. The summed E-state index contributed by atoms with van der Waals surface area (Å²) in [6.45, 7) is 3.97. The molecule has 32 heavy (non-hydrogen) atoms. The molecule has 1 aliphatic carbocycles. The molecule has 1 saturated carbocycles. The Balaban J connectivity index is 1.42. The van der Waals surface area contributed by atoms with E-state index >= 15 is 0 Å². The number of aryl methyl sites for hydroxylation is 2. The van der Waals surface area contributed by atoms with Crippen molar-refractivity contribution in [3.05, 3.63) is 53.6 Å². The van der Waals surface area contributed by atoms with Crippen molar-refractivity contribution in [2.45, 2.75) is 68.9 Å². The number of rotatable bonds is 6. The maximum Gasteiger partial charge on any atom is 0.247 e. The molecule has 1 saturated heterocycles. The van der Waals surface area contributed by atoms with Gasteiger partial charge in [0.05, 0.1) is 10.9 Å². The first-order valence-corrected chi connectivity index (χ1v) is 12.4. The van der Waals surface area contributed by atoms with Gasteiger partial charge in [-0.1, -0.05) is 44.4 Å². The van der Waals surface area contributed by atoms with Crippen LogP contribution in [0.25, 0.3) is 0 Å². The predicted molar refractivity (Wildman–Crippen MR) is 129 cm³/mol. The molecule has 0 unspecified atom stereocenters. The van der Waals surface area contributed by atoms with Crippen molar-refractivity contribution in [3.63, 3.8) is 0 Å². The zero-order valence-electron chi connectivity index (χ0n) is 18.7. The summed E-state index contributed by atoms with van der Waals surface area (Å²) in [6, 6.07) is 13.4. The van der Waals surface area contributed by atoms with Crippen LogP contribution in [-0.4, -0.2) is 23.0 Å². The van der Waals surface area contributed by atoms with Crippen LogP contribution in [0.15, 0.2) is 47.4 Å². The SMILES string of the molecule is CCc1cccc(C)c1N1C(=O)C[C@@H](Sc2ccc(NC(=O)C3CCCCC3)cc2)C1=O. The molecule has 0 radical (unpaired) electrons. The third-order valence-corrected chi connectivity index (χ3v) is 7.60. The number of nitrogens with one attached hydrogen (secondary N) is 1. The Bertz CT molecular complexity index is 1010. The molecule has 1 atom stereocenters. The predicted octanol–water partition coefficient (Wildman–Crippen LogP) is 5.50. The number of amides is 3. The first-order valence-electron chi connectivity index (χ1n) is 11.5. The zero-order chi connectivity index (χ0) is 22.7. The van der Waals surface area contributed by atoms with Gasteiger partial charge in [-0.15, -0.1) is 11.8 Å². The number of para-hydroxylation sites is 1. The van der Waals surface area contributed by atoms with E-state index in [4.69, 9.17) is 0 Å². The number of anilines is 2. The maximum atomic E-state index is 13.2. The van der Waals surface area contributed by atoms with Gasteiger partial charge in [0.15, 0.2) is 0 Å². The Labute approximate surface area is 194 Å². The number of imide groups is 1. The van der Waals surface area contributed by atoms with Gasteiger partial charge < -0.3 is 5.32 Å². The summed E-state index contributed by atoms with van der Waals surface area (Å²) in [5.74, 6) is -0.0887. The van der Waals surface area contributed by atoms with E-state index in [9.17, 15) is 14.4 Å². The first-order chi connectivity index (χ1) is 15.5. The summed E-state index contributed by atoms with van der Waals surface area (Å²) in [7, 11) is 0. The van der Waals surface area contributed by atoms with Crippen LogP contribution < -0.4 is 10.2 Å². The van der Waals surface area contributed by atoms with Crippen molar-refractivity contribution in [2.75, 3.05) is 10.2 Å². The summed E-state index contributed by atoms with van der Waals surface area (Å²) < 4.78 is 0. The summed E-state index contributed by atoms with van der Waals surface area (Å²) in [6.07, 6.45) is 6.37. The molecule has 2 aromatic carbocycles. The molecule has 1 N–H and O–H groups in total. The molecule has 2 fully saturated rings. The monoisotopic (exact) mass is 450 g/mol. The summed E-state index contributed by atoms with van der Waals surface area (Å²) in [4.78, 5) is 40.7. The Hall–Kier alpha value is -2.60. The van der Waals surface area contributed by atoms with Crippen LogP contribution in [0, 0.1) is 12.8 Å². The minimum atomic E-state index is -0.436. The minimum absolute atomic E-state index is 0.0993. The number of carbonyl (C=O) groups excluding carboxylic acids is 3. The molecule has 2 aromatic rings. The van der Waals surface area contributed by atoms with Gasteiger partial charge in [-0.05, 0) is 61.6 Å². The topological polar surface area (TPSA) is 66.5 Å². The molecule has 1 aliphatic heterocycles. The molecular weight excluding hydrogens is 420 g/mol. The van der Waals surface area contributed by atoms with Gasteiger partial charge in [0.25, 0.3) is 0 Å². The smallest absolute Gasteiger partial charge is 0.247 e. The van der Waals surface area contributed by atoms with Crippen molar-refractivity contribution in [1.29, 1.82) is 0 Å². The van der Waals surface area contributed by atoms with Crippen LogP contribution in [0.1, 0.15) is 56.6 Å². The fraction of sp³-hybridized carbons (Fsp3) is 0.423. The van der Waals surface area contributed by atoms with E-state index in [0.717, 1.165) is 59.5 Å². The van der Waals surface area contributed by atoms with Crippen molar-refractivity contribution in [1.82, 2.24) is 0 Å². The Kier molecular flexibility index (Phi) is 6.99. The van der Waals surface area contributed by atoms with Gasteiger partial charge in [0, 0.05) is 22.9 Å². The second-order valence-electron chi connectivity index (χ2n) is 8.66. The van der Waals surface area contributed by atoms with Crippen LogP contribution >= 0.6 is 11.8 Å². The van der Waals surface area contributed by atoms with E-state index < -0.39 is 5.25 Å². The summed E-state index contributed by atoms with van der Waals surface area (Å²) in [5.41, 5.74) is 3.46. The number of benzene rings is 2. The normalized spacial score (nSPS) is 19.4. The van der Waals surface area contributed by atoms with E-state index in [-0.39, 0.29) is 30.1 Å². The van der Waals surface area contributed by atoms with Crippen molar-refractivity contribution < 1.29 is 14.4 Å². The van der Waals surface area contributed by atoms with Crippen LogP contribution in [0.2, 0.25) is 0 Å². The molecule has 2 aliphatic rings.